The highest BCUT2D eigenvalue weighted by Crippen LogP contribution is 2.27. The molecule has 18 heavy (non-hydrogen) atoms. The normalized spacial score (nSPS) is 17.9. The summed E-state index contributed by atoms with van der Waals surface area (Å²) in [6.07, 6.45) is 5.71. The number of carbonyl (C=O) groups is 1. The number of nitrogen functional groups attached to an aromatic ring is 1. The second-order valence-electron chi connectivity index (χ2n) is 5.12. The highest BCUT2D eigenvalue weighted by atomic mass is 16.2. The molecule has 100 valence electrons. The number of nitrogens with two attached hydrogens (primary N) is 1. The number of amides is 1. The average molecular weight is 250 g/mol. The van der Waals surface area contributed by atoms with Crippen molar-refractivity contribution < 1.29 is 4.79 Å². The molecule has 0 saturated heterocycles. The second-order valence-corrected chi connectivity index (χ2v) is 5.12. The van der Waals surface area contributed by atoms with Crippen molar-refractivity contribution in [3.63, 3.8) is 0 Å². The number of nitrogens with one attached hydrogen (secondary N) is 2. The molecule has 0 radical (unpaired) electrons. The number of hydrogen-bond donors (Lipinski definition) is 3. The first-order valence-corrected chi connectivity index (χ1v) is 6.77. The molecule has 1 amide bonds. The van der Waals surface area contributed by atoms with Crippen LogP contribution in [0.4, 0.5) is 5.69 Å². The van der Waals surface area contributed by atoms with E-state index in [1.54, 1.807) is 0 Å². The van der Waals surface area contributed by atoms with Crippen molar-refractivity contribution in [2.45, 2.75) is 52.0 Å². The Morgan fingerprint density at radius 2 is 2.22 bits per heavy atom. The average Bonchev–Trinajstić information content (AvgIpc) is 2.97. The zero-order valence-electron chi connectivity index (χ0n) is 11.1. The first-order valence-electron chi connectivity index (χ1n) is 6.77. The van der Waals surface area contributed by atoms with Gasteiger partial charge in [0.05, 0.1) is 11.4 Å². The number of H-pyrrole nitrogens is 1. The zero-order chi connectivity index (χ0) is 13.1. The van der Waals surface area contributed by atoms with Crippen molar-refractivity contribution in [2.24, 2.45) is 5.92 Å². The predicted octanol–water partition coefficient (Wildman–Crippen LogP) is 1.86. The van der Waals surface area contributed by atoms with Crippen molar-refractivity contribution in [1.82, 2.24) is 15.5 Å². The van der Waals surface area contributed by atoms with Gasteiger partial charge in [0.25, 0.3) is 5.91 Å². The zero-order valence-corrected chi connectivity index (χ0v) is 11.1. The van der Waals surface area contributed by atoms with Gasteiger partial charge in [-0.3, -0.25) is 9.89 Å². The third-order valence-corrected chi connectivity index (χ3v) is 3.92. The summed E-state index contributed by atoms with van der Waals surface area (Å²) in [6, 6.07) is 0.196. The van der Waals surface area contributed by atoms with Crippen LogP contribution in [0, 0.1) is 5.92 Å². The van der Waals surface area contributed by atoms with Crippen LogP contribution in [0.5, 0.6) is 0 Å². The number of aryl methyl sites for hydroxylation is 1. The minimum atomic E-state index is -0.164. The lowest BCUT2D eigenvalue weighted by Gasteiger charge is -2.19. The molecule has 0 aliphatic heterocycles. The standard InChI is InChI=1S/C13H22N4O/c1-3-10-11(14)12(17-16-10)13(18)15-8(2)9-6-4-5-7-9/h8-9H,3-7,14H2,1-2H3,(H,15,18)(H,16,17). The van der Waals surface area contributed by atoms with Gasteiger partial charge in [0.2, 0.25) is 0 Å². The van der Waals surface area contributed by atoms with Crippen LogP contribution in [-0.4, -0.2) is 22.1 Å². The van der Waals surface area contributed by atoms with E-state index in [1.807, 2.05) is 6.92 Å². The van der Waals surface area contributed by atoms with E-state index in [2.05, 4.69) is 22.4 Å². The number of nitrogens with zero attached hydrogens (tertiary/aromatic N) is 1. The Hall–Kier alpha value is -1.52. The van der Waals surface area contributed by atoms with Gasteiger partial charge in [0.1, 0.15) is 0 Å². The summed E-state index contributed by atoms with van der Waals surface area (Å²) in [7, 11) is 0. The lowest BCUT2D eigenvalue weighted by molar-refractivity contribution is 0.0923. The van der Waals surface area contributed by atoms with Crippen molar-refractivity contribution in [3.05, 3.63) is 11.4 Å². The molecular weight excluding hydrogens is 228 g/mol. The SMILES string of the molecule is CCc1[nH]nc(C(=O)NC(C)C2CCCC2)c1N. The van der Waals surface area contributed by atoms with E-state index in [9.17, 15) is 4.79 Å². The monoisotopic (exact) mass is 250 g/mol. The summed E-state index contributed by atoms with van der Waals surface area (Å²) in [6.45, 7) is 4.05. The first-order chi connectivity index (χ1) is 8.63. The molecule has 0 aromatic carbocycles. The van der Waals surface area contributed by atoms with E-state index in [1.165, 1.54) is 25.7 Å². The Balaban J connectivity index is 2.00. The van der Waals surface area contributed by atoms with Crippen LogP contribution in [0.25, 0.3) is 0 Å². The summed E-state index contributed by atoms with van der Waals surface area (Å²) < 4.78 is 0. The molecule has 5 nitrogen and oxygen atoms in total. The first kappa shape index (κ1) is 12.9. The lowest BCUT2D eigenvalue weighted by atomic mass is 10.00. The van der Waals surface area contributed by atoms with E-state index in [-0.39, 0.29) is 11.9 Å². The summed E-state index contributed by atoms with van der Waals surface area (Å²) in [4.78, 5) is 12.1. The summed E-state index contributed by atoms with van der Waals surface area (Å²) in [5.74, 6) is 0.433. The molecule has 1 heterocycles. The van der Waals surface area contributed by atoms with E-state index in [0.717, 1.165) is 12.1 Å². The van der Waals surface area contributed by atoms with E-state index in [4.69, 9.17) is 5.73 Å². The molecule has 1 saturated carbocycles. The van der Waals surface area contributed by atoms with Crippen LogP contribution >= 0.6 is 0 Å². The summed E-state index contributed by atoms with van der Waals surface area (Å²) in [5.41, 5.74) is 7.53. The van der Waals surface area contributed by atoms with Crippen LogP contribution in [0.1, 0.15) is 55.7 Å². The topological polar surface area (TPSA) is 83.8 Å². The molecule has 1 aromatic rings. The van der Waals surface area contributed by atoms with Gasteiger partial charge in [0.15, 0.2) is 5.69 Å². The smallest absolute Gasteiger partial charge is 0.274 e. The van der Waals surface area contributed by atoms with Gasteiger partial charge >= 0.3 is 0 Å². The number of anilines is 1. The fraction of sp³-hybridized carbons (Fsp3) is 0.692. The number of rotatable bonds is 4. The Morgan fingerprint density at radius 1 is 1.56 bits per heavy atom. The molecule has 1 atom stereocenters. The van der Waals surface area contributed by atoms with Gasteiger partial charge in [-0.15, -0.1) is 0 Å². The molecule has 1 fully saturated rings. The van der Waals surface area contributed by atoms with Crippen LogP contribution in [-0.2, 0) is 6.42 Å². The molecular formula is C13H22N4O. The molecule has 2 rings (SSSR count). The predicted molar refractivity (Wildman–Crippen MR) is 71.3 cm³/mol. The Kier molecular flexibility index (Phi) is 3.89. The number of carbonyl (C=O) groups excluding carboxylic acids is 1. The van der Waals surface area contributed by atoms with Crippen molar-refractivity contribution in [3.8, 4) is 0 Å². The van der Waals surface area contributed by atoms with Crippen LogP contribution < -0.4 is 11.1 Å². The molecule has 1 aliphatic carbocycles. The Labute approximate surface area is 108 Å². The molecule has 1 aromatic heterocycles. The lowest BCUT2D eigenvalue weighted by Crippen LogP contribution is -2.37. The number of aromatic nitrogens is 2. The van der Waals surface area contributed by atoms with Gasteiger partial charge < -0.3 is 11.1 Å². The Bertz CT molecular complexity index is 421. The Morgan fingerprint density at radius 3 is 2.78 bits per heavy atom. The minimum Gasteiger partial charge on any atom is -0.395 e. The quantitative estimate of drug-likeness (QED) is 0.762. The van der Waals surface area contributed by atoms with Gasteiger partial charge in [-0.25, -0.2) is 0 Å². The van der Waals surface area contributed by atoms with Crippen LogP contribution in [0.15, 0.2) is 0 Å². The van der Waals surface area contributed by atoms with Crippen molar-refractivity contribution in [2.75, 3.05) is 5.73 Å². The maximum Gasteiger partial charge on any atom is 0.274 e. The van der Waals surface area contributed by atoms with E-state index in [0.29, 0.717) is 17.3 Å². The fourth-order valence-corrected chi connectivity index (χ4v) is 2.68. The number of hydrogen-bond acceptors (Lipinski definition) is 3. The van der Waals surface area contributed by atoms with Gasteiger partial charge in [-0.1, -0.05) is 19.8 Å². The second kappa shape index (κ2) is 5.42. The van der Waals surface area contributed by atoms with Gasteiger partial charge in [-0.05, 0) is 32.1 Å². The highest BCUT2D eigenvalue weighted by molar-refractivity contribution is 5.97. The minimum absolute atomic E-state index is 0.164. The van der Waals surface area contributed by atoms with Crippen molar-refractivity contribution >= 4 is 11.6 Å². The summed E-state index contributed by atoms with van der Waals surface area (Å²) >= 11 is 0. The summed E-state index contributed by atoms with van der Waals surface area (Å²) in [5, 5.41) is 9.83. The largest absolute Gasteiger partial charge is 0.395 e. The third-order valence-electron chi connectivity index (χ3n) is 3.92. The third kappa shape index (κ3) is 2.49. The molecule has 0 spiro atoms. The highest BCUT2D eigenvalue weighted by Gasteiger charge is 2.25. The molecule has 0 bridgehead atoms. The van der Waals surface area contributed by atoms with Crippen LogP contribution in [0.3, 0.4) is 0 Å². The van der Waals surface area contributed by atoms with E-state index >= 15 is 0 Å². The fourth-order valence-electron chi connectivity index (χ4n) is 2.68. The molecule has 4 N–H and O–H groups in total. The number of aromatic amines is 1. The molecule has 1 unspecified atom stereocenters. The maximum absolute atomic E-state index is 12.1. The van der Waals surface area contributed by atoms with Gasteiger partial charge in [0, 0.05) is 6.04 Å². The molecule has 5 heteroatoms. The van der Waals surface area contributed by atoms with E-state index < -0.39 is 0 Å². The van der Waals surface area contributed by atoms with Crippen molar-refractivity contribution in [1.29, 1.82) is 0 Å². The maximum atomic E-state index is 12.1. The van der Waals surface area contributed by atoms with Crippen LogP contribution in [0.2, 0.25) is 0 Å². The van der Waals surface area contributed by atoms with Gasteiger partial charge in [-0.2, -0.15) is 5.10 Å². The molecule has 1 aliphatic rings.